The summed E-state index contributed by atoms with van der Waals surface area (Å²) < 4.78 is 0. The van der Waals surface area contributed by atoms with Crippen LogP contribution in [-0.4, -0.2) is 34.6 Å². The molecule has 130 valence electrons. The number of allylic oxidation sites excluding steroid dienone is 3. The molecule has 0 aromatic carbocycles. The van der Waals surface area contributed by atoms with Gasteiger partial charge in [0.1, 0.15) is 0 Å². The zero-order valence-corrected chi connectivity index (χ0v) is 14.8. The largest absolute Gasteiger partial charge is 0.396 e. The van der Waals surface area contributed by atoms with Gasteiger partial charge in [-0.1, -0.05) is 36.3 Å². The number of hydrogen-bond donors (Lipinski definition) is 3. The summed E-state index contributed by atoms with van der Waals surface area (Å²) in [5.74, 6) is 0.253. The maximum Gasteiger partial charge on any atom is 0.0644 e. The molecule has 0 saturated heterocycles. The van der Waals surface area contributed by atoms with Gasteiger partial charge in [0.15, 0.2) is 0 Å². The molecule has 0 aromatic rings. The topological polar surface area (TPSA) is 60.7 Å². The van der Waals surface area contributed by atoms with Crippen molar-refractivity contribution in [3.05, 3.63) is 34.9 Å². The highest BCUT2D eigenvalue weighted by molar-refractivity contribution is 5.24. The quantitative estimate of drug-likeness (QED) is 0.681. The highest BCUT2D eigenvalue weighted by Crippen LogP contribution is 2.49. The Morgan fingerprint density at radius 3 is 2.65 bits per heavy atom. The van der Waals surface area contributed by atoms with Crippen molar-refractivity contribution in [3.63, 3.8) is 0 Å². The first-order chi connectivity index (χ1) is 10.9. The molecule has 0 heterocycles. The highest BCUT2D eigenvalue weighted by Gasteiger charge is 2.43. The predicted molar refractivity (Wildman–Crippen MR) is 93.9 cm³/mol. The molecule has 0 aromatic heterocycles. The Hall–Kier alpha value is -0.900. The molecular weight excluding hydrogens is 288 g/mol. The number of aliphatic hydroxyl groups excluding tert-OH is 3. The molecule has 3 N–H and O–H groups in total. The van der Waals surface area contributed by atoms with Gasteiger partial charge in [0.25, 0.3) is 0 Å². The van der Waals surface area contributed by atoms with Crippen molar-refractivity contribution >= 4 is 0 Å². The molecular formula is C20H32O3. The lowest BCUT2D eigenvalue weighted by molar-refractivity contribution is 0.0270. The fraction of sp³-hybridized carbons (Fsp3) is 0.700. The van der Waals surface area contributed by atoms with Crippen LogP contribution in [0.3, 0.4) is 0 Å². The fourth-order valence-electron chi connectivity index (χ4n) is 4.15. The van der Waals surface area contributed by atoms with Gasteiger partial charge in [-0.2, -0.15) is 0 Å². The Labute approximate surface area is 140 Å². The van der Waals surface area contributed by atoms with E-state index >= 15 is 0 Å². The summed E-state index contributed by atoms with van der Waals surface area (Å²) in [6.45, 7) is 6.47. The van der Waals surface area contributed by atoms with Crippen LogP contribution in [0.25, 0.3) is 0 Å². The molecule has 1 saturated carbocycles. The molecule has 0 spiro atoms. The molecule has 2 aliphatic carbocycles. The lowest BCUT2D eigenvalue weighted by Gasteiger charge is -2.37. The molecule has 3 heteroatoms. The Balaban J connectivity index is 2.28. The normalized spacial score (nSPS) is 34.6. The summed E-state index contributed by atoms with van der Waals surface area (Å²) in [6, 6.07) is 0. The van der Waals surface area contributed by atoms with E-state index in [9.17, 15) is 15.3 Å². The van der Waals surface area contributed by atoms with Gasteiger partial charge in [0.2, 0.25) is 0 Å². The van der Waals surface area contributed by atoms with Gasteiger partial charge in [0, 0.05) is 5.92 Å². The summed E-state index contributed by atoms with van der Waals surface area (Å²) in [5.41, 5.74) is 3.48. The summed E-state index contributed by atoms with van der Waals surface area (Å²) in [5, 5.41) is 30.2. The van der Waals surface area contributed by atoms with E-state index in [0.717, 1.165) is 31.3 Å². The second kappa shape index (κ2) is 7.78. The molecule has 0 aliphatic heterocycles. The zero-order valence-electron chi connectivity index (χ0n) is 14.8. The van der Waals surface area contributed by atoms with Crippen molar-refractivity contribution < 1.29 is 15.3 Å². The third-order valence-electron chi connectivity index (χ3n) is 5.77. The first-order valence-electron chi connectivity index (χ1n) is 8.82. The van der Waals surface area contributed by atoms with E-state index in [1.54, 1.807) is 0 Å². The molecule has 0 radical (unpaired) electrons. The number of hydrogen-bond acceptors (Lipinski definition) is 3. The van der Waals surface area contributed by atoms with Crippen LogP contribution in [0.15, 0.2) is 34.9 Å². The predicted octanol–water partition coefficient (Wildman–Crippen LogP) is 3.37. The lowest BCUT2D eigenvalue weighted by Crippen LogP contribution is -2.34. The van der Waals surface area contributed by atoms with Crippen LogP contribution < -0.4 is 0 Å². The average molecular weight is 320 g/mol. The van der Waals surface area contributed by atoms with Gasteiger partial charge in [-0.3, -0.25) is 0 Å². The van der Waals surface area contributed by atoms with Crippen LogP contribution in [0.4, 0.5) is 0 Å². The molecule has 4 atom stereocenters. The molecule has 2 bridgehead atoms. The molecule has 0 amide bonds. The molecule has 1 fully saturated rings. The van der Waals surface area contributed by atoms with Crippen molar-refractivity contribution in [2.24, 2.45) is 17.3 Å². The second-order valence-corrected chi connectivity index (χ2v) is 7.75. The highest BCUT2D eigenvalue weighted by atomic mass is 16.3. The maximum atomic E-state index is 10.4. The van der Waals surface area contributed by atoms with E-state index in [4.69, 9.17) is 0 Å². The van der Waals surface area contributed by atoms with E-state index < -0.39 is 0 Å². The first kappa shape index (κ1) is 18.4. The minimum Gasteiger partial charge on any atom is -0.396 e. The minimum absolute atomic E-state index is 0.0459. The van der Waals surface area contributed by atoms with Gasteiger partial charge >= 0.3 is 0 Å². The monoisotopic (exact) mass is 320 g/mol. The van der Waals surface area contributed by atoms with Gasteiger partial charge in [-0.15, -0.1) is 0 Å². The SMILES string of the molecule is CC(C)=CCC=C(CO)C1CCC2(C)CC(=CCC2O)C1CO. The second-order valence-electron chi connectivity index (χ2n) is 7.75. The fourth-order valence-corrected chi connectivity index (χ4v) is 4.15. The molecule has 3 nitrogen and oxygen atoms in total. The Morgan fingerprint density at radius 1 is 1.30 bits per heavy atom. The summed E-state index contributed by atoms with van der Waals surface area (Å²) >= 11 is 0. The van der Waals surface area contributed by atoms with E-state index in [1.807, 2.05) is 0 Å². The van der Waals surface area contributed by atoms with Gasteiger partial charge in [0.05, 0.1) is 19.3 Å². The summed E-state index contributed by atoms with van der Waals surface area (Å²) in [6.07, 6.45) is 10.3. The van der Waals surface area contributed by atoms with Gasteiger partial charge < -0.3 is 15.3 Å². The first-order valence-corrected chi connectivity index (χ1v) is 8.82. The molecule has 2 rings (SSSR count). The van der Waals surface area contributed by atoms with Gasteiger partial charge in [-0.05, 0) is 62.9 Å². The van der Waals surface area contributed by atoms with Crippen molar-refractivity contribution in [3.8, 4) is 0 Å². The summed E-state index contributed by atoms with van der Waals surface area (Å²) in [7, 11) is 0. The van der Waals surface area contributed by atoms with Crippen LogP contribution in [0.2, 0.25) is 0 Å². The van der Waals surface area contributed by atoms with E-state index in [0.29, 0.717) is 6.42 Å². The Bertz CT molecular complexity index is 499. The van der Waals surface area contributed by atoms with E-state index in [2.05, 4.69) is 39.0 Å². The smallest absolute Gasteiger partial charge is 0.0644 e. The van der Waals surface area contributed by atoms with Crippen molar-refractivity contribution in [1.29, 1.82) is 0 Å². The van der Waals surface area contributed by atoms with Crippen LogP contribution in [0.5, 0.6) is 0 Å². The standard InChI is InChI=1S/C20H32O3/c1-14(2)5-4-6-16(12-21)17-9-10-20(3)11-15(18(17)13-22)7-8-19(20)23/h5-7,17-19,21-23H,4,8-13H2,1-3H3. The van der Waals surface area contributed by atoms with Crippen LogP contribution in [0.1, 0.15) is 52.9 Å². The average Bonchev–Trinajstić information content (AvgIpc) is 2.63. The van der Waals surface area contributed by atoms with Crippen molar-refractivity contribution in [1.82, 2.24) is 0 Å². The Morgan fingerprint density at radius 2 is 2.04 bits per heavy atom. The lowest BCUT2D eigenvalue weighted by atomic mass is 9.71. The summed E-state index contributed by atoms with van der Waals surface area (Å²) in [4.78, 5) is 0. The molecule has 2 aliphatic rings. The van der Waals surface area contributed by atoms with Crippen LogP contribution >= 0.6 is 0 Å². The minimum atomic E-state index is -0.295. The number of rotatable bonds is 5. The number of fused-ring (bicyclic) bond motifs is 2. The third kappa shape index (κ3) is 4.14. The molecule has 4 unspecified atom stereocenters. The van der Waals surface area contributed by atoms with Gasteiger partial charge in [-0.25, -0.2) is 0 Å². The van der Waals surface area contributed by atoms with Crippen LogP contribution in [-0.2, 0) is 0 Å². The third-order valence-corrected chi connectivity index (χ3v) is 5.77. The van der Waals surface area contributed by atoms with E-state index in [-0.39, 0.29) is 36.6 Å². The van der Waals surface area contributed by atoms with E-state index in [1.165, 1.54) is 11.1 Å². The van der Waals surface area contributed by atoms with Crippen molar-refractivity contribution in [2.45, 2.75) is 59.0 Å². The number of aliphatic hydroxyl groups is 3. The molecule has 23 heavy (non-hydrogen) atoms. The van der Waals surface area contributed by atoms with Crippen molar-refractivity contribution in [2.75, 3.05) is 13.2 Å². The zero-order chi connectivity index (χ0) is 17.0. The van der Waals surface area contributed by atoms with Crippen LogP contribution in [0, 0.1) is 17.3 Å². The Kier molecular flexibility index (Phi) is 6.24. The maximum absolute atomic E-state index is 10.4.